The van der Waals surface area contributed by atoms with E-state index in [0.717, 1.165) is 0 Å². The maximum absolute atomic E-state index is 12.0. The Kier molecular flexibility index (Phi) is 2.53. The van der Waals surface area contributed by atoms with Gasteiger partial charge in [0.05, 0.1) is 0 Å². The molecule has 0 radical (unpaired) electrons. The third-order valence-electron chi connectivity index (χ3n) is 2.75. The number of imidazole rings is 1. The molecule has 96 valence electrons. The van der Waals surface area contributed by atoms with E-state index in [2.05, 4.69) is 15.0 Å². The molecule has 3 aromatic rings. The molecular formula is C12H10ClN5O. The minimum Gasteiger partial charge on any atom is -0.369 e. The summed E-state index contributed by atoms with van der Waals surface area (Å²) in [6.07, 6.45) is 0. The van der Waals surface area contributed by atoms with Gasteiger partial charge in [0.25, 0.3) is 5.56 Å². The molecule has 0 atom stereocenters. The quantitative estimate of drug-likeness (QED) is 0.707. The molecule has 2 heterocycles. The molecular weight excluding hydrogens is 266 g/mol. The number of aromatic amines is 1. The van der Waals surface area contributed by atoms with E-state index in [1.807, 2.05) is 0 Å². The maximum atomic E-state index is 12.0. The van der Waals surface area contributed by atoms with E-state index < -0.39 is 0 Å². The number of anilines is 1. The molecule has 0 fully saturated rings. The fraction of sp³-hybridized carbons (Fsp3) is 0.0833. The smallest absolute Gasteiger partial charge is 0.277 e. The zero-order valence-electron chi connectivity index (χ0n) is 10.0. The van der Waals surface area contributed by atoms with Crippen LogP contribution in [0.2, 0.25) is 5.02 Å². The summed E-state index contributed by atoms with van der Waals surface area (Å²) in [5.41, 5.74) is 6.95. The summed E-state index contributed by atoms with van der Waals surface area (Å²) in [4.78, 5) is 23.0. The Morgan fingerprint density at radius 1 is 1.26 bits per heavy atom. The summed E-state index contributed by atoms with van der Waals surface area (Å²) < 4.78 is 1.55. The van der Waals surface area contributed by atoms with Gasteiger partial charge < -0.3 is 10.7 Å². The van der Waals surface area contributed by atoms with Gasteiger partial charge in [-0.1, -0.05) is 11.6 Å². The van der Waals surface area contributed by atoms with E-state index in [1.54, 1.807) is 35.8 Å². The second kappa shape index (κ2) is 4.10. The van der Waals surface area contributed by atoms with Crippen LogP contribution in [0.5, 0.6) is 0 Å². The van der Waals surface area contributed by atoms with E-state index in [0.29, 0.717) is 27.7 Å². The fourth-order valence-corrected chi connectivity index (χ4v) is 2.09. The molecule has 0 spiro atoms. The molecule has 0 saturated carbocycles. The van der Waals surface area contributed by atoms with Gasteiger partial charge in [-0.15, -0.1) is 0 Å². The number of rotatable bonds is 1. The van der Waals surface area contributed by atoms with Crippen molar-refractivity contribution in [2.24, 2.45) is 0 Å². The first kappa shape index (κ1) is 11.7. The third-order valence-corrected chi connectivity index (χ3v) is 3.00. The highest BCUT2D eigenvalue weighted by Gasteiger charge is 2.14. The minimum absolute atomic E-state index is 0.209. The second-order valence-corrected chi connectivity index (χ2v) is 4.54. The van der Waals surface area contributed by atoms with Gasteiger partial charge in [0, 0.05) is 10.7 Å². The van der Waals surface area contributed by atoms with Crippen molar-refractivity contribution in [1.82, 2.24) is 19.5 Å². The first-order valence-corrected chi connectivity index (χ1v) is 5.95. The Bertz CT molecular complexity index is 818. The van der Waals surface area contributed by atoms with Crippen molar-refractivity contribution in [2.75, 3.05) is 5.73 Å². The molecule has 6 nitrogen and oxygen atoms in total. The predicted molar refractivity (Wildman–Crippen MR) is 73.6 cm³/mol. The van der Waals surface area contributed by atoms with Gasteiger partial charge in [-0.3, -0.25) is 9.36 Å². The van der Waals surface area contributed by atoms with Crippen LogP contribution in [0, 0.1) is 6.92 Å². The zero-order valence-corrected chi connectivity index (χ0v) is 10.8. The van der Waals surface area contributed by atoms with Crippen LogP contribution < -0.4 is 11.3 Å². The number of fused-ring (bicyclic) bond motifs is 1. The number of hydrogen-bond donors (Lipinski definition) is 2. The number of nitrogens with zero attached hydrogens (tertiary/aromatic N) is 3. The predicted octanol–water partition coefficient (Wildman–Crippen LogP) is 1.65. The lowest BCUT2D eigenvalue weighted by Crippen LogP contribution is -2.13. The van der Waals surface area contributed by atoms with Crippen LogP contribution >= 0.6 is 11.6 Å². The van der Waals surface area contributed by atoms with E-state index in [1.165, 1.54) is 0 Å². The summed E-state index contributed by atoms with van der Waals surface area (Å²) in [6.45, 7) is 1.69. The molecule has 2 aromatic heterocycles. The molecule has 7 heteroatoms. The van der Waals surface area contributed by atoms with Crippen molar-refractivity contribution in [3.05, 3.63) is 45.5 Å². The van der Waals surface area contributed by atoms with E-state index in [-0.39, 0.29) is 11.5 Å². The Hall–Kier alpha value is -2.34. The van der Waals surface area contributed by atoms with Crippen LogP contribution in [0.4, 0.5) is 5.95 Å². The molecule has 19 heavy (non-hydrogen) atoms. The molecule has 3 rings (SSSR count). The van der Waals surface area contributed by atoms with E-state index in [4.69, 9.17) is 17.3 Å². The average molecular weight is 276 g/mol. The highest BCUT2D eigenvalue weighted by molar-refractivity contribution is 6.30. The number of H-pyrrole nitrogens is 1. The molecule has 0 bridgehead atoms. The van der Waals surface area contributed by atoms with Crippen LogP contribution in [0.25, 0.3) is 16.9 Å². The minimum atomic E-state index is -0.276. The molecule has 3 N–H and O–H groups in total. The van der Waals surface area contributed by atoms with Gasteiger partial charge in [0.1, 0.15) is 5.82 Å². The van der Waals surface area contributed by atoms with Gasteiger partial charge in [-0.2, -0.15) is 4.98 Å². The lowest BCUT2D eigenvalue weighted by Gasteiger charge is -2.05. The molecule has 0 amide bonds. The van der Waals surface area contributed by atoms with E-state index >= 15 is 0 Å². The number of nitrogens with two attached hydrogens (primary N) is 1. The SMILES string of the molecule is Cc1nc2nc(N)n(-c3ccc(Cl)cc3)c2c(=O)[nH]1. The Balaban J connectivity index is 2.38. The van der Waals surface area contributed by atoms with Gasteiger partial charge >= 0.3 is 0 Å². The standard InChI is InChI=1S/C12H10ClN5O/c1-6-15-10-9(11(19)16-6)18(12(14)17-10)8-4-2-7(13)3-5-8/h2-5H,1H3,(H3,14,15,16,17,19). The van der Waals surface area contributed by atoms with Crippen molar-refractivity contribution >= 4 is 28.7 Å². The van der Waals surface area contributed by atoms with Crippen LogP contribution in [0.3, 0.4) is 0 Å². The molecule has 0 unspecified atom stereocenters. The summed E-state index contributed by atoms with van der Waals surface area (Å²) in [5, 5.41) is 0.606. The normalized spacial score (nSPS) is 11.1. The summed E-state index contributed by atoms with van der Waals surface area (Å²) in [5.74, 6) is 0.708. The van der Waals surface area contributed by atoms with Crippen molar-refractivity contribution in [2.45, 2.75) is 6.92 Å². The van der Waals surface area contributed by atoms with Crippen molar-refractivity contribution in [1.29, 1.82) is 0 Å². The second-order valence-electron chi connectivity index (χ2n) is 4.11. The van der Waals surface area contributed by atoms with Gasteiger partial charge in [-0.25, -0.2) is 4.98 Å². The summed E-state index contributed by atoms with van der Waals surface area (Å²) >= 11 is 5.85. The maximum Gasteiger partial charge on any atom is 0.277 e. The lowest BCUT2D eigenvalue weighted by molar-refractivity contribution is 1.03. The van der Waals surface area contributed by atoms with Crippen LogP contribution in [0.1, 0.15) is 5.82 Å². The zero-order chi connectivity index (χ0) is 13.6. The number of hydrogen-bond acceptors (Lipinski definition) is 4. The number of aromatic nitrogens is 4. The number of nitrogen functional groups attached to an aromatic ring is 1. The number of nitrogens with one attached hydrogen (secondary N) is 1. The first-order chi connectivity index (χ1) is 9.06. The number of halogens is 1. The van der Waals surface area contributed by atoms with Crippen molar-refractivity contribution in [3.63, 3.8) is 0 Å². The highest BCUT2D eigenvalue weighted by atomic mass is 35.5. The van der Waals surface area contributed by atoms with E-state index in [9.17, 15) is 4.79 Å². The van der Waals surface area contributed by atoms with Crippen LogP contribution in [0.15, 0.2) is 29.1 Å². The summed E-state index contributed by atoms with van der Waals surface area (Å²) in [7, 11) is 0. The largest absolute Gasteiger partial charge is 0.369 e. The van der Waals surface area contributed by atoms with Crippen LogP contribution in [-0.4, -0.2) is 19.5 Å². The van der Waals surface area contributed by atoms with Gasteiger partial charge in [-0.05, 0) is 31.2 Å². The number of benzene rings is 1. The first-order valence-electron chi connectivity index (χ1n) is 5.57. The Morgan fingerprint density at radius 3 is 2.63 bits per heavy atom. The Labute approximate surface area is 112 Å². The van der Waals surface area contributed by atoms with Crippen LogP contribution in [-0.2, 0) is 0 Å². The average Bonchev–Trinajstić information content (AvgIpc) is 2.66. The highest BCUT2D eigenvalue weighted by Crippen LogP contribution is 2.20. The molecule has 0 aliphatic carbocycles. The number of aryl methyl sites for hydroxylation is 1. The molecule has 0 aliphatic heterocycles. The van der Waals surface area contributed by atoms with Crippen molar-refractivity contribution in [3.8, 4) is 5.69 Å². The molecule has 0 aliphatic rings. The lowest BCUT2D eigenvalue weighted by atomic mass is 10.3. The summed E-state index contributed by atoms with van der Waals surface area (Å²) in [6, 6.07) is 6.97. The van der Waals surface area contributed by atoms with Gasteiger partial charge in [0.2, 0.25) is 5.95 Å². The topological polar surface area (TPSA) is 89.6 Å². The van der Waals surface area contributed by atoms with Crippen molar-refractivity contribution < 1.29 is 0 Å². The Morgan fingerprint density at radius 2 is 1.95 bits per heavy atom. The molecule has 0 saturated heterocycles. The third kappa shape index (κ3) is 1.86. The van der Waals surface area contributed by atoms with Gasteiger partial charge in [0.15, 0.2) is 11.2 Å². The molecule has 1 aromatic carbocycles. The monoisotopic (exact) mass is 275 g/mol. The fourth-order valence-electron chi connectivity index (χ4n) is 1.97.